The van der Waals surface area contributed by atoms with Crippen molar-refractivity contribution in [2.45, 2.75) is 19.1 Å². The van der Waals surface area contributed by atoms with Crippen LogP contribution in [0.25, 0.3) is 0 Å². The van der Waals surface area contributed by atoms with Gasteiger partial charge in [-0.2, -0.15) is 13.2 Å². The maximum absolute atomic E-state index is 12.8. The molecule has 9 heteroatoms. The van der Waals surface area contributed by atoms with Gasteiger partial charge < -0.3 is 5.73 Å². The summed E-state index contributed by atoms with van der Waals surface area (Å²) < 4.78 is 63.3. The number of halogens is 6. The molecule has 0 saturated heterocycles. The maximum Gasteiger partial charge on any atom is 0.417 e. The van der Waals surface area contributed by atoms with Gasteiger partial charge >= 0.3 is 6.18 Å². The molecule has 0 amide bonds. The third-order valence-corrected chi connectivity index (χ3v) is 2.32. The minimum atomic E-state index is -5.03. The summed E-state index contributed by atoms with van der Waals surface area (Å²) in [6, 6.07) is 0. The second-order valence-corrected chi connectivity index (χ2v) is 3.53. The molecule has 1 aromatic heterocycles. The van der Waals surface area contributed by atoms with Crippen LogP contribution in [-0.2, 0) is 12.7 Å². The van der Waals surface area contributed by atoms with Crippen molar-refractivity contribution in [3.8, 4) is 0 Å². The quantitative estimate of drug-likeness (QED) is 0.687. The molecule has 3 nitrogen and oxygen atoms in total. The summed E-state index contributed by atoms with van der Waals surface area (Å²) >= 11 is 4.97. The summed E-state index contributed by atoms with van der Waals surface area (Å²) in [4.78, 5) is 14.0. The van der Waals surface area contributed by atoms with Crippen molar-refractivity contribution in [1.82, 2.24) is 4.98 Å². The number of hydrogen-bond donors (Lipinski definition) is 1. The van der Waals surface area contributed by atoms with Gasteiger partial charge in [-0.25, -0.2) is 8.78 Å². The largest absolute Gasteiger partial charge is 0.417 e. The zero-order valence-electron chi connectivity index (χ0n) is 8.56. The molecule has 1 rings (SSSR count). The Bertz CT molecular complexity index is 475. The number of nitrogens with zero attached hydrogens (tertiary/aromatic N) is 1. The molecule has 0 unspecified atom stereocenters. The third-order valence-electron chi connectivity index (χ3n) is 2.12. The average Bonchev–Trinajstić information content (AvgIpc) is 2.25. The van der Waals surface area contributed by atoms with E-state index in [4.69, 9.17) is 17.3 Å². The Morgan fingerprint density at radius 1 is 1.44 bits per heavy atom. The number of rotatable bonds is 3. The zero-order valence-corrected chi connectivity index (χ0v) is 9.32. The predicted octanol–water partition coefficient (Wildman–Crippen LogP) is 2.88. The standard InChI is InChI=1S/C9H6ClF5N2O/c10-7(18)4-2-17-6(8(11)12)3(1-16)5(4)9(13,14)15/h2,8H,1,16H2. The normalized spacial score (nSPS) is 12.0. The molecule has 1 heterocycles. The molecule has 0 spiro atoms. The van der Waals surface area contributed by atoms with Crippen LogP contribution in [0, 0.1) is 0 Å². The zero-order chi connectivity index (χ0) is 14.1. The Balaban J connectivity index is 3.67. The lowest BCUT2D eigenvalue weighted by Crippen LogP contribution is -2.20. The van der Waals surface area contributed by atoms with E-state index in [2.05, 4.69) is 4.98 Å². The summed E-state index contributed by atoms with van der Waals surface area (Å²) in [6.45, 7) is -0.834. The molecule has 0 radical (unpaired) electrons. The molecular formula is C9H6ClF5N2O. The van der Waals surface area contributed by atoms with Gasteiger partial charge in [0.1, 0.15) is 5.69 Å². The first kappa shape index (κ1) is 14.8. The van der Waals surface area contributed by atoms with Gasteiger partial charge in [-0.1, -0.05) is 0 Å². The highest BCUT2D eigenvalue weighted by molar-refractivity contribution is 6.67. The number of aromatic nitrogens is 1. The second-order valence-electron chi connectivity index (χ2n) is 3.19. The van der Waals surface area contributed by atoms with Gasteiger partial charge in [-0.3, -0.25) is 9.78 Å². The number of hydrogen-bond acceptors (Lipinski definition) is 3. The number of carbonyl (C=O) groups is 1. The molecule has 1 aromatic rings. The first-order chi connectivity index (χ1) is 8.20. The summed E-state index contributed by atoms with van der Waals surface area (Å²) in [7, 11) is 0. The Kier molecular flexibility index (Phi) is 4.23. The van der Waals surface area contributed by atoms with E-state index in [9.17, 15) is 26.7 Å². The molecule has 18 heavy (non-hydrogen) atoms. The molecule has 0 atom stereocenters. The number of alkyl halides is 5. The summed E-state index contributed by atoms with van der Waals surface area (Å²) in [6.07, 6.45) is -7.89. The van der Waals surface area contributed by atoms with Crippen molar-refractivity contribution in [2.75, 3.05) is 0 Å². The van der Waals surface area contributed by atoms with Crippen LogP contribution in [0.5, 0.6) is 0 Å². The number of pyridine rings is 1. The molecule has 0 bridgehead atoms. The number of nitrogens with two attached hydrogens (primary N) is 1. The van der Waals surface area contributed by atoms with Crippen LogP contribution in [0.4, 0.5) is 22.0 Å². The fourth-order valence-electron chi connectivity index (χ4n) is 1.43. The van der Waals surface area contributed by atoms with Crippen LogP contribution in [0.1, 0.15) is 33.6 Å². The summed E-state index contributed by atoms with van der Waals surface area (Å²) in [5, 5.41) is -1.44. The molecule has 0 aromatic carbocycles. The monoisotopic (exact) mass is 288 g/mol. The smallest absolute Gasteiger partial charge is 0.326 e. The number of carbonyl (C=O) groups excluding carboxylic acids is 1. The van der Waals surface area contributed by atoms with E-state index in [0.29, 0.717) is 6.20 Å². The lowest BCUT2D eigenvalue weighted by Gasteiger charge is -2.17. The summed E-state index contributed by atoms with van der Waals surface area (Å²) in [5.74, 6) is 0. The Morgan fingerprint density at radius 3 is 2.33 bits per heavy atom. The third kappa shape index (κ3) is 2.75. The van der Waals surface area contributed by atoms with Crippen molar-refractivity contribution in [2.24, 2.45) is 5.73 Å². The summed E-state index contributed by atoms with van der Waals surface area (Å²) in [5.41, 5.74) is 0.444. The topological polar surface area (TPSA) is 56.0 Å². The Morgan fingerprint density at radius 2 is 2.00 bits per heavy atom. The first-order valence-electron chi connectivity index (χ1n) is 4.47. The van der Waals surface area contributed by atoms with Gasteiger partial charge in [0.05, 0.1) is 11.1 Å². The van der Waals surface area contributed by atoms with Gasteiger partial charge in [0.25, 0.3) is 11.7 Å². The van der Waals surface area contributed by atoms with Crippen LogP contribution >= 0.6 is 11.6 Å². The Hall–Kier alpha value is -1.28. The van der Waals surface area contributed by atoms with Gasteiger partial charge in [-0.05, 0) is 11.6 Å². The lowest BCUT2D eigenvalue weighted by atomic mass is 10.0. The van der Waals surface area contributed by atoms with E-state index in [1.165, 1.54) is 0 Å². The molecule has 0 aliphatic carbocycles. The average molecular weight is 289 g/mol. The van der Waals surface area contributed by atoms with Gasteiger partial charge in [-0.15, -0.1) is 0 Å². The van der Waals surface area contributed by atoms with E-state index in [-0.39, 0.29) is 0 Å². The van der Waals surface area contributed by atoms with Crippen molar-refractivity contribution in [1.29, 1.82) is 0 Å². The minimum absolute atomic E-state index is 0.374. The molecular weight excluding hydrogens is 283 g/mol. The van der Waals surface area contributed by atoms with Gasteiger partial charge in [0.15, 0.2) is 0 Å². The van der Waals surface area contributed by atoms with Crippen molar-refractivity contribution in [3.63, 3.8) is 0 Å². The molecule has 0 aliphatic heterocycles. The Labute approximate surface area is 103 Å². The SMILES string of the molecule is NCc1c(C(F)F)ncc(C(=O)Cl)c1C(F)(F)F. The molecule has 100 valence electrons. The van der Waals surface area contributed by atoms with E-state index in [1.54, 1.807) is 0 Å². The molecule has 0 fully saturated rings. The predicted molar refractivity (Wildman–Crippen MR) is 52.3 cm³/mol. The highest BCUT2D eigenvalue weighted by Gasteiger charge is 2.39. The van der Waals surface area contributed by atoms with Crippen LogP contribution < -0.4 is 5.73 Å². The van der Waals surface area contributed by atoms with E-state index >= 15 is 0 Å². The highest BCUT2D eigenvalue weighted by atomic mass is 35.5. The van der Waals surface area contributed by atoms with E-state index < -0.39 is 46.8 Å². The van der Waals surface area contributed by atoms with Gasteiger partial charge in [0, 0.05) is 18.3 Å². The van der Waals surface area contributed by atoms with Crippen molar-refractivity contribution < 1.29 is 26.7 Å². The van der Waals surface area contributed by atoms with Crippen LogP contribution in [0.3, 0.4) is 0 Å². The second kappa shape index (κ2) is 5.15. The van der Waals surface area contributed by atoms with Crippen LogP contribution in [-0.4, -0.2) is 10.2 Å². The van der Waals surface area contributed by atoms with E-state index in [0.717, 1.165) is 0 Å². The maximum atomic E-state index is 12.8. The van der Waals surface area contributed by atoms with Crippen molar-refractivity contribution >= 4 is 16.8 Å². The fourth-order valence-corrected chi connectivity index (χ4v) is 1.58. The highest BCUT2D eigenvalue weighted by Crippen LogP contribution is 2.38. The van der Waals surface area contributed by atoms with Crippen LogP contribution in [0.15, 0.2) is 6.20 Å². The first-order valence-corrected chi connectivity index (χ1v) is 4.85. The van der Waals surface area contributed by atoms with Gasteiger partial charge in [0.2, 0.25) is 0 Å². The molecule has 0 saturated carbocycles. The molecule has 0 aliphatic rings. The van der Waals surface area contributed by atoms with E-state index in [1.807, 2.05) is 0 Å². The molecule has 2 N–H and O–H groups in total. The van der Waals surface area contributed by atoms with Crippen molar-refractivity contribution in [3.05, 3.63) is 28.6 Å². The lowest BCUT2D eigenvalue weighted by molar-refractivity contribution is -0.138. The van der Waals surface area contributed by atoms with Crippen LogP contribution in [0.2, 0.25) is 0 Å². The minimum Gasteiger partial charge on any atom is -0.326 e. The fraction of sp³-hybridized carbons (Fsp3) is 0.333.